The van der Waals surface area contributed by atoms with Crippen molar-refractivity contribution in [2.75, 3.05) is 13.1 Å². The van der Waals surface area contributed by atoms with E-state index in [4.69, 9.17) is 9.47 Å². The Balaban J connectivity index is 1.74. The number of hydrogen-bond donors (Lipinski definition) is 0. The Morgan fingerprint density at radius 1 is 1.00 bits per heavy atom. The zero-order valence-electron chi connectivity index (χ0n) is 16.7. The molecule has 2 aromatic rings. The summed E-state index contributed by atoms with van der Waals surface area (Å²) in [6, 6.07) is 16.7. The molecule has 1 atom stereocenters. The number of hydrogen-bond acceptors (Lipinski definition) is 4. The molecule has 0 saturated carbocycles. The second-order valence-electron chi connectivity index (χ2n) is 8.04. The molecular weight excluding hydrogens is 354 g/mol. The summed E-state index contributed by atoms with van der Waals surface area (Å²) in [5.74, 6) is 0.955. The van der Waals surface area contributed by atoms with Crippen LogP contribution in [0.1, 0.15) is 44.0 Å². The third-order valence-corrected chi connectivity index (χ3v) is 4.57. The molecule has 0 aromatic heterocycles. The smallest absolute Gasteiger partial charge is 0.410 e. The lowest BCUT2D eigenvalue weighted by atomic mass is 9.89. The SMILES string of the molecule is CC(C)(C)OC(=O)N1CCCC(C(=O)c2ccccc2Oc2ccccc2)C1. The normalized spacial score (nSPS) is 17.1. The molecule has 0 spiro atoms. The van der Waals surface area contributed by atoms with Gasteiger partial charge in [0.1, 0.15) is 17.1 Å². The van der Waals surface area contributed by atoms with Gasteiger partial charge in [-0.05, 0) is 57.9 Å². The van der Waals surface area contributed by atoms with Crippen molar-refractivity contribution in [3.63, 3.8) is 0 Å². The molecule has 3 rings (SSSR count). The van der Waals surface area contributed by atoms with E-state index < -0.39 is 5.60 Å². The quantitative estimate of drug-likeness (QED) is 0.674. The van der Waals surface area contributed by atoms with Crippen LogP contribution in [0, 0.1) is 5.92 Å². The van der Waals surface area contributed by atoms with Crippen molar-refractivity contribution in [3.05, 3.63) is 60.2 Å². The summed E-state index contributed by atoms with van der Waals surface area (Å²) < 4.78 is 11.4. The summed E-state index contributed by atoms with van der Waals surface area (Å²) in [6.07, 6.45) is 1.16. The fourth-order valence-corrected chi connectivity index (χ4v) is 3.28. The maximum atomic E-state index is 13.2. The number of carbonyl (C=O) groups excluding carboxylic acids is 2. The van der Waals surface area contributed by atoms with Crippen molar-refractivity contribution in [3.8, 4) is 11.5 Å². The van der Waals surface area contributed by atoms with Gasteiger partial charge in [-0.2, -0.15) is 0 Å². The third kappa shape index (κ3) is 5.12. The monoisotopic (exact) mass is 381 g/mol. The highest BCUT2D eigenvalue weighted by Crippen LogP contribution is 2.30. The molecule has 1 fully saturated rings. The summed E-state index contributed by atoms with van der Waals surface area (Å²) in [6.45, 7) is 6.51. The van der Waals surface area contributed by atoms with Crippen LogP contribution < -0.4 is 4.74 Å². The molecule has 1 unspecified atom stereocenters. The summed E-state index contributed by atoms with van der Waals surface area (Å²) >= 11 is 0. The molecule has 0 bridgehead atoms. The standard InChI is InChI=1S/C23H27NO4/c1-23(2,3)28-22(26)24-15-9-10-17(16-24)21(25)19-13-7-8-14-20(19)27-18-11-5-4-6-12-18/h4-8,11-14,17H,9-10,15-16H2,1-3H3. The highest BCUT2D eigenvalue weighted by atomic mass is 16.6. The lowest BCUT2D eigenvalue weighted by Gasteiger charge is -2.33. The minimum atomic E-state index is -0.551. The van der Waals surface area contributed by atoms with Crippen LogP contribution in [0.3, 0.4) is 0 Å². The molecule has 0 radical (unpaired) electrons. The van der Waals surface area contributed by atoms with Gasteiger partial charge >= 0.3 is 6.09 Å². The van der Waals surface area contributed by atoms with Gasteiger partial charge in [0.15, 0.2) is 5.78 Å². The Labute approximate surface area is 166 Å². The molecule has 5 nitrogen and oxygen atoms in total. The molecule has 148 valence electrons. The molecule has 0 aliphatic carbocycles. The van der Waals surface area contributed by atoms with Crippen molar-refractivity contribution < 1.29 is 19.1 Å². The van der Waals surface area contributed by atoms with E-state index in [0.717, 1.165) is 12.8 Å². The Bertz CT molecular complexity index is 826. The molecule has 1 aliphatic rings. The maximum Gasteiger partial charge on any atom is 0.410 e. The van der Waals surface area contributed by atoms with E-state index in [1.807, 2.05) is 63.2 Å². The van der Waals surface area contributed by atoms with Crippen LogP contribution in [0.4, 0.5) is 4.79 Å². The van der Waals surface area contributed by atoms with Crippen LogP contribution in [-0.4, -0.2) is 35.5 Å². The van der Waals surface area contributed by atoms with Gasteiger partial charge in [-0.3, -0.25) is 4.79 Å². The summed E-state index contributed by atoms with van der Waals surface area (Å²) in [7, 11) is 0. The van der Waals surface area contributed by atoms with Crippen molar-refractivity contribution >= 4 is 11.9 Å². The second-order valence-corrected chi connectivity index (χ2v) is 8.04. The van der Waals surface area contributed by atoms with Gasteiger partial charge in [0.05, 0.1) is 5.56 Å². The minimum absolute atomic E-state index is 0.000195. The fraction of sp³-hybridized carbons (Fsp3) is 0.391. The van der Waals surface area contributed by atoms with Crippen LogP contribution in [0.5, 0.6) is 11.5 Å². The first-order valence-electron chi connectivity index (χ1n) is 9.67. The van der Waals surface area contributed by atoms with Crippen LogP contribution in [0.25, 0.3) is 0 Å². The summed E-state index contributed by atoms with van der Waals surface area (Å²) in [4.78, 5) is 27.2. The number of likely N-dealkylation sites (tertiary alicyclic amines) is 1. The van der Waals surface area contributed by atoms with E-state index in [0.29, 0.717) is 30.2 Å². The van der Waals surface area contributed by atoms with E-state index in [9.17, 15) is 9.59 Å². The van der Waals surface area contributed by atoms with Crippen molar-refractivity contribution in [1.82, 2.24) is 4.90 Å². The van der Waals surface area contributed by atoms with E-state index in [2.05, 4.69) is 0 Å². The predicted molar refractivity (Wildman–Crippen MR) is 108 cm³/mol. The molecule has 0 N–H and O–H groups in total. The Morgan fingerprint density at radius 3 is 2.39 bits per heavy atom. The second kappa shape index (κ2) is 8.46. The summed E-state index contributed by atoms with van der Waals surface area (Å²) in [5.41, 5.74) is -0.00755. The highest BCUT2D eigenvalue weighted by molar-refractivity contribution is 6.00. The number of Topliss-reactive ketones (excluding diaryl/α,β-unsaturated/α-hetero) is 1. The predicted octanol–water partition coefficient (Wildman–Crippen LogP) is 5.31. The van der Waals surface area contributed by atoms with Crippen molar-refractivity contribution in [2.45, 2.75) is 39.2 Å². The number of amides is 1. The number of carbonyl (C=O) groups is 2. The first-order valence-corrected chi connectivity index (χ1v) is 9.67. The zero-order chi connectivity index (χ0) is 20.1. The Kier molecular flexibility index (Phi) is 6.02. The molecular formula is C23H27NO4. The van der Waals surface area contributed by atoms with Crippen LogP contribution in [0.2, 0.25) is 0 Å². The van der Waals surface area contributed by atoms with Gasteiger partial charge in [0, 0.05) is 19.0 Å². The van der Waals surface area contributed by atoms with Crippen molar-refractivity contribution in [1.29, 1.82) is 0 Å². The summed E-state index contributed by atoms with van der Waals surface area (Å²) in [5, 5.41) is 0. The van der Waals surface area contributed by atoms with E-state index in [1.54, 1.807) is 17.0 Å². The molecule has 5 heteroatoms. The number of para-hydroxylation sites is 2. The molecule has 1 aliphatic heterocycles. The van der Waals surface area contributed by atoms with E-state index in [-0.39, 0.29) is 17.8 Å². The van der Waals surface area contributed by atoms with E-state index in [1.165, 1.54) is 0 Å². The van der Waals surface area contributed by atoms with Gasteiger partial charge in [-0.1, -0.05) is 30.3 Å². The Morgan fingerprint density at radius 2 is 1.68 bits per heavy atom. The van der Waals surface area contributed by atoms with Gasteiger partial charge in [-0.25, -0.2) is 4.79 Å². The first kappa shape index (κ1) is 19.9. The maximum absolute atomic E-state index is 13.2. The number of piperidine rings is 1. The first-order chi connectivity index (χ1) is 13.3. The lowest BCUT2D eigenvalue weighted by molar-refractivity contribution is 0.0172. The topological polar surface area (TPSA) is 55.8 Å². The average Bonchev–Trinajstić information content (AvgIpc) is 2.67. The van der Waals surface area contributed by atoms with Gasteiger partial charge in [0.2, 0.25) is 0 Å². The fourth-order valence-electron chi connectivity index (χ4n) is 3.28. The Hall–Kier alpha value is -2.82. The highest BCUT2D eigenvalue weighted by Gasteiger charge is 2.32. The number of ether oxygens (including phenoxy) is 2. The minimum Gasteiger partial charge on any atom is -0.457 e. The van der Waals surface area contributed by atoms with E-state index >= 15 is 0 Å². The van der Waals surface area contributed by atoms with Gasteiger partial charge in [-0.15, -0.1) is 0 Å². The average molecular weight is 381 g/mol. The third-order valence-electron chi connectivity index (χ3n) is 4.57. The largest absolute Gasteiger partial charge is 0.457 e. The van der Waals surface area contributed by atoms with Crippen LogP contribution in [-0.2, 0) is 4.74 Å². The van der Waals surface area contributed by atoms with Crippen molar-refractivity contribution in [2.24, 2.45) is 5.92 Å². The molecule has 1 saturated heterocycles. The molecule has 1 amide bonds. The molecule has 28 heavy (non-hydrogen) atoms. The van der Waals surface area contributed by atoms with Crippen LogP contribution >= 0.6 is 0 Å². The number of nitrogens with zero attached hydrogens (tertiary/aromatic N) is 1. The van der Waals surface area contributed by atoms with Gasteiger partial charge < -0.3 is 14.4 Å². The molecule has 1 heterocycles. The lowest BCUT2D eigenvalue weighted by Crippen LogP contribution is -2.44. The number of rotatable bonds is 4. The van der Waals surface area contributed by atoms with Gasteiger partial charge in [0.25, 0.3) is 0 Å². The number of ketones is 1. The molecule has 2 aromatic carbocycles. The zero-order valence-corrected chi connectivity index (χ0v) is 16.7. The van der Waals surface area contributed by atoms with Crippen LogP contribution in [0.15, 0.2) is 54.6 Å². The number of benzene rings is 2.